The number of nitrogens with one attached hydrogen (secondary N) is 1. The molecule has 0 aliphatic rings. The molecule has 22 heavy (non-hydrogen) atoms. The van der Waals surface area contributed by atoms with E-state index in [9.17, 15) is 14.7 Å². The lowest BCUT2D eigenvalue weighted by atomic mass is 10.0. The van der Waals surface area contributed by atoms with Crippen molar-refractivity contribution in [3.8, 4) is 0 Å². The average molecular weight is 299 g/mol. The van der Waals surface area contributed by atoms with Gasteiger partial charge >= 0.3 is 5.97 Å². The zero-order valence-corrected chi connectivity index (χ0v) is 12.2. The van der Waals surface area contributed by atoms with Crippen LogP contribution in [-0.4, -0.2) is 27.0 Å². The summed E-state index contributed by atoms with van der Waals surface area (Å²) in [7, 11) is 0. The molecule has 6 heteroatoms. The number of aliphatic carboxylic acids is 1. The molecule has 0 spiro atoms. The molecule has 114 valence electrons. The van der Waals surface area contributed by atoms with E-state index in [0.29, 0.717) is 17.7 Å². The third-order valence-corrected chi connectivity index (χ3v) is 3.15. The zero-order valence-electron chi connectivity index (χ0n) is 12.2. The number of carbonyl (C=O) groups excluding carboxylic acids is 1. The standard InChI is InChI=1S/C16H17N3O3/c1-11-3-2-4-12(9-11)15(16(21)22)19-14(20)6-5-13-10-17-7-8-18-13/h2-4,7-10,15H,5-6H2,1H3,(H,19,20)(H,21,22)/t15-/m1/s1. The Morgan fingerprint density at radius 1 is 1.32 bits per heavy atom. The topological polar surface area (TPSA) is 92.2 Å². The van der Waals surface area contributed by atoms with Gasteiger partial charge in [0.25, 0.3) is 0 Å². The van der Waals surface area contributed by atoms with E-state index in [0.717, 1.165) is 5.56 Å². The third kappa shape index (κ3) is 4.37. The molecule has 0 fully saturated rings. The molecule has 0 saturated heterocycles. The number of hydrogen-bond acceptors (Lipinski definition) is 4. The first-order valence-electron chi connectivity index (χ1n) is 6.90. The summed E-state index contributed by atoms with van der Waals surface area (Å²) in [6.45, 7) is 1.87. The summed E-state index contributed by atoms with van der Waals surface area (Å²) < 4.78 is 0. The number of carboxylic acid groups (broad SMARTS) is 1. The van der Waals surface area contributed by atoms with E-state index in [1.807, 2.05) is 13.0 Å². The molecule has 0 unspecified atom stereocenters. The largest absolute Gasteiger partial charge is 0.479 e. The molecule has 1 aromatic carbocycles. The maximum Gasteiger partial charge on any atom is 0.330 e. The van der Waals surface area contributed by atoms with Gasteiger partial charge in [0.05, 0.1) is 5.69 Å². The average Bonchev–Trinajstić information content (AvgIpc) is 2.51. The number of rotatable bonds is 6. The van der Waals surface area contributed by atoms with Crippen LogP contribution in [0.15, 0.2) is 42.9 Å². The van der Waals surface area contributed by atoms with Crippen molar-refractivity contribution in [2.24, 2.45) is 0 Å². The lowest BCUT2D eigenvalue weighted by molar-refractivity contribution is -0.142. The molecule has 1 atom stereocenters. The summed E-state index contributed by atoms with van der Waals surface area (Å²) in [5.41, 5.74) is 2.19. The smallest absolute Gasteiger partial charge is 0.330 e. The normalized spacial score (nSPS) is 11.7. The first-order chi connectivity index (χ1) is 10.6. The lowest BCUT2D eigenvalue weighted by Gasteiger charge is -2.15. The third-order valence-electron chi connectivity index (χ3n) is 3.15. The molecule has 1 heterocycles. The van der Waals surface area contributed by atoms with E-state index in [1.165, 1.54) is 0 Å². The highest BCUT2D eigenvalue weighted by molar-refractivity contribution is 5.84. The number of carbonyl (C=O) groups is 2. The van der Waals surface area contributed by atoms with Crippen LogP contribution >= 0.6 is 0 Å². The predicted molar refractivity (Wildman–Crippen MR) is 80.1 cm³/mol. The Morgan fingerprint density at radius 3 is 2.77 bits per heavy atom. The van der Waals surface area contributed by atoms with Crippen molar-refractivity contribution in [3.05, 3.63) is 59.7 Å². The van der Waals surface area contributed by atoms with Crippen molar-refractivity contribution >= 4 is 11.9 Å². The van der Waals surface area contributed by atoms with Crippen molar-refractivity contribution in [2.75, 3.05) is 0 Å². The Labute approximate surface area is 128 Å². The Balaban J connectivity index is 1.99. The number of carboxylic acids is 1. The van der Waals surface area contributed by atoms with Crippen LogP contribution in [-0.2, 0) is 16.0 Å². The van der Waals surface area contributed by atoms with Crippen LogP contribution in [0.4, 0.5) is 0 Å². The summed E-state index contributed by atoms with van der Waals surface area (Å²) in [4.78, 5) is 31.3. The molecule has 1 amide bonds. The van der Waals surface area contributed by atoms with Gasteiger partial charge in [-0.25, -0.2) is 4.79 Å². The maximum atomic E-state index is 12.0. The van der Waals surface area contributed by atoms with E-state index in [-0.39, 0.29) is 12.3 Å². The zero-order chi connectivity index (χ0) is 15.9. The summed E-state index contributed by atoms with van der Waals surface area (Å²) in [6, 6.07) is 6.04. The summed E-state index contributed by atoms with van der Waals surface area (Å²) >= 11 is 0. The van der Waals surface area contributed by atoms with E-state index in [4.69, 9.17) is 0 Å². The minimum absolute atomic E-state index is 0.161. The summed E-state index contributed by atoms with van der Waals surface area (Å²) in [5, 5.41) is 11.9. The Hall–Kier alpha value is -2.76. The quantitative estimate of drug-likeness (QED) is 0.846. The van der Waals surface area contributed by atoms with Crippen LogP contribution in [0.2, 0.25) is 0 Å². The molecule has 2 N–H and O–H groups in total. The van der Waals surface area contributed by atoms with Crippen molar-refractivity contribution < 1.29 is 14.7 Å². The van der Waals surface area contributed by atoms with Gasteiger partial charge in [-0.3, -0.25) is 14.8 Å². The fraction of sp³-hybridized carbons (Fsp3) is 0.250. The fourth-order valence-corrected chi connectivity index (χ4v) is 2.07. The van der Waals surface area contributed by atoms with Gasteiger partial charge in [-0.1, -0.05) is 29.8 Å². The highest BCUT2D eigenvalue weighted by Gasteiger charge is 2.21. The minimum atomic E-state index is -1.08. The Morgan fingerprint density at radius 2 is 2.14 bits per heavy atom. The SMILES string of the molecule is Cc1cccc([C@@H](NC(=O)CCc2cnccn2)C(=O)O)c1. The van der Waals surface area contributed by atoms with Crippen LogP contribution in [0.5, 0.6) is 0 Å². The molecule has 0 aliphatic carbocycles. The van der Waals surface area contributed by atoms with Crippen LogP contribution in [0.25, 0.3) is 0 Å². The number of benzene rings is 1. The fourth-order valence-electron chi connectivity index (χ4n) is 2.07. The molecule has 2 rings (SSSR count). The van der Waals surface area contributed by atoms with Gasteiger partial charge in [-0.15, -0.1) is 0 Å². The van der Waals surface area contributed by atoms with Crippen LogP contribution < -0.4 is 5.32 Å². The summed E-state index contributed by atoms with van der Waals surface area (Å²) in [6.07, 6.45) is 5.28. The van der Waals surface area contributed by atoms with Crippen molar-refractivity contribution in [1.82, 2.24) is 15.3 Å². The number of aromatic nitrogens is 2. The second-order valence-electron chi connectivity index (χ2n) is 4.95. The Kier molecular flexibility index (Phi) is 5.19. The molecule has 1 aromatic heterocycles. The number of nitrogens with zero attached hydrogens (tertiary/aromatic N) is 2. The van der Waals surface area contributed by atoms with E-state index in [2.05, 4.69) is 15.3 Å². The van der Waals surface area contributed by atoms with Crippen molar-refractivity contribution in [1.29, 1.82) is 0 Å². The van der Waals surface area contributed by atoms with Crippen LogP contribution in [0.3, 0.4) is 0 Å². The lowest BCUT2D eigenvalue weighted by Crippen LogP contribution is -2.33. The first kappa shape index (κ1) is 15.6. The monoisotopic (exact) mass is 299 g/mol. The van der Waals surface area contributed by atoms with E-state index < -0.39 is 12.0 Å². The Bertz CT molecular complexity index is 659. The van der Waals surface area contributed by atoms with Crippen LogP contribution in [0, 0.1) is 6.92 Å². The molecule has 6 nitrogen and oxygen atoms in total. The molecular weight excluding hydrogens is 282 g/mol. The van der Waals surface area contributed by atoms with Gasteiger partial charge < -0.3 is 10.4 Å². The van der Waals surface area contributed by atoms with E-state index in [1.54, 1.807) is 36.8 Å². The highest BCUT2D eigenvalue weighted by Crippen LogP contribution is 2.15. The van der Waals surface area contributed by atoms with Crippen molar-refractivity contribution in [2.45, 2.75) is 25.8 Å². The van der Waals surface area contributed by atoms with Gasteiger partial charge in [0, 0.05) is 25.0 Å². The number of hydrogen-bond donors (Lipinski definition) is 2. The molecule has 0 aliphatic heterocycles. The summed E-state index contributed by atoms with van der Waals surface area (Å²) in [5.74, 6) is -1.42. The molecule has 0 saturated carbocycles. The van der Waals surface area contributed by atoms with Crippen molar-refractivity contribution in [3.63, 3.8) is 0 Å². The van der Waals surface area contributed by atoms with Gasteiger partial charge in [-0.2, -0.15) is 0 Å². The number of aryl methyl sites for hydroxylation is 2. The maximum absolute atomic E-state index is 12.0. The minimum Gasteiger partial charge on any atom is -0.479 e. The highest BCUT2D eigenvalue weighted by atomic mass is 16.4. The predicted octanol–water partition coefficient (Wildman–Crippen LogP) is 1.66. The first-order valence-corrected chi connectivity index (χ1v) is 6.90. The molecule has 0 bridgehead atoms. The number of amides is 1. The van der Waals surface area contributed by atoms with E-state index >= 15 is 0 Å². The van der Waals surface area contributed by atoms with Gasteiger partial charge in [0.15, 0.2) is 6.04 Å². The van der Waals surface area contributed by atoms with Gasteiger partial charge in [0.1, 0.15) is 0 Å². The molecular formula is C16H17N3O3. The van der Waals surface area contributed by atoms with Gasteiger partial charge in [0.2, 0.25) is 5.91 Å². The second kappa shape index (κ2) is 7.31. The molecule has 2 aromatic rings. The van der Waals surface area contributed by atoms with Gasteiger partial charge in [-0.05, 0) is 18.9 Å². The van der Waals surface area contributed by atoms with Crippen LogP contribution in [0.1, 0.15) is 29.3 Å². The second-order valence-corrected chi connectivity index (χ2v) is 4.95. The molecule has 0 radical (unpaired) electrons.